The quantitative estimate of drug-likeness (QED) is 0.576. The summed E-state index contributed by atoms with van der Waals surface area (Å²) < 4.78 is 12.2. The Balaban J connectivity index is 2.50. The molecular formula is C21H29NO4S. The molecule has 5 nitrogen and oxygen atoms in total. The molecule has 1 N–H and O–H groups in total. The third-order valence-corrected chi connectivity index (χ3v) is 6.23. The molecule has 0 saturated heterocycles. The summed E-state index contributed by atoms with van der Waals surface area (Å²) in [7, 11) is -1.11. The number of hydrogen-bond acceptors (Lipinski definition) is 5. The molecule has 6 heteroatoms. The van der Waals surface area contributed by atoms with Crippen molar-refractivity contribution in [1.82, 2.24) is 0 Å². The number of carbonyl (C=O) groups excluding carboxylic acids is 1. The van der Waals surface area contributed by atoms with Crippen LogP contribution in [0.5, 0.6) is 0 Å². The lowest BCUT2D eigenvalue weighted by molar-refractivity contribution is -0.116. The van der Waals surface area contributed by atoms with E-state index in [-0.39, 0.29) is 17.5 Å². The first kappa shape index (κ1) is 21.4. The third-order valence-electron chi connectivity index (χ3n) is 5.02. The summed E-state index contributed by atoms with van der Waals surface area (Å²) in [4.78, 5) is 18.8. The SMILES string of the molecule is CCO/N=C(/CC)C1=C(O)CC(c2c(C)cc(C)c(S(C)=O)c2C)CC1=O. The summed E-state index contributed by atoms with van der Waals surface area (Å²) >= 11 is 0. The van der Waals surface area contributed by atoms with Crippen LogP contribution >= 0.6 is 0 Å². The molecule has 0 heterocycles. The number of oxime groups is 1. The van der Waals surface area contributed by atoms with E-state index in [0.29, 0.717) is 37.2 Å². The largest absolute Gasteiger partial charge is 0.511 e. The van der Waals surface area contributed by atoms with Gasteiger partial charge < -0.3 is 9.94 Å². The molecule has 1 aliphatic rings. The number of aryl methyl sites for hydroxylation is 2. The van der Waals surface area contributed by atoms with Crippen LogP contribution in [0.1, 0.15) is 61.3 Å². The van der Waals surface area contributed by atoms with Crippen molar-refractivity contribution in [2.24, 2.45) is 5.16 Å². The molecule has 27 heavy (non-hydrogen) atoms. The van der Waals surface area contributed by atoms with Gasteiger partial charge in [0.15, 0.2) is 5.78 Å². The maximum absolute atomic E-state index is 12.8. The number of allylic oxidation sites excluding steroid dienone is 2. The molecule has 2 atom stereocenters. The second-order valence-corrected chi connectivity index (χ2v) is 8.31. The first-order chi connectivity index (χ1) is 12.7. The van der Waals surface area contributed by atoms with Gasteiger partial charge >= 0.3 is 0 Å². The molecule has 148 valence electrons. The van der Waals surface area contributed by atoms with Crippen molar-refractivity contribution >= 4 is 22.3 Å². The average Bonchev–Trinajstić information content (AvgIpc) is 2.56. The Morgan fingerprint density at radius 2 is 1.93 bits per heavy atom. The van der Waals surface area contributed by atoms with E-state index >= 15 is 0 Å². The number of hydrogen-bond donors (Lipinski definition) is 1. The fraction of sp³-hybridized carbons (Fsp3) is 0.524. The molecule has 0 aliphatic heterocycles. The van der Waals surface area contributed by atoms with Crippen LogP contribution in [0.2, 0.25) is 0 Å². The van der Waals surface area contributed by atoms with Gasteiger partial charge in [-0.3, -0.25) is 9.00 Å². The van der Waals surface area contributed by atoms with E-state index in [0.717, 1.165) is 27.1 Å². The van der Waals surface area contributed by atoms with E-state index in [1.54, 1.807) is 6.26 Å². The van der Waals surface area contributed by atoms with Crippen molar-refractivity contribution in [3.63, 3.8) is 0 Å². The van der Waals surface area contributed by atoms with Crippen LogP contribution in [0.15, 0.2) is 27.4 Å². The Labute approximate surface area is 164 Å². The number of nitrogens with zero attached hydrogens (tertiary/aromatic N) is 1. The van der Waals surface area contributed by atoms with Crippen molar-refractivity contribution in [3.05, 3.63) is 39.7 Å². The van der Waals surface area contributed by atoms with Crippen molar-refractivity contribution in [1.29, 1.82) is 0 Å². The van der Waals surface area contributed by atoms with Crippen molar-refractivity contribution < 1.29 is 18.9 Å². The maximum Gasteiger partial charge on any atom is 0.168 e. The van der Waals surface area contributed by atoms with Crippen molar-refractivity contribution in [2.75, 3.05) is 12.9 Å². The van der Waals surface area contributed by atoms with Crippen molar-refractivity contribution in [2.45, 2.75) is 64.7 Å². The lowest BCUT2D eigenvalue weighted by atomic mass is 9.78. The number of benzene rings is 1. The monoisotopic (exact) mass is 391 g/mol. The molecule has 0 amide bonds. The second kappa shape index (κ2) is 8.83. The predicted octanol–water partition coefficient (Wildman–Crippen LogP) is 4.41. The number of ketones is 1. The minimum Gasteiger partial charge on any atom is -0.511 e. The number of carbonyl (C=O) groups is 1. The maximum atomic E-state index is 12.8. The minimum atomic E-state index is -1.11. The van der Waals surface area contributed by atoms with Gasteiger partial charge in [-0.1, -0.05) is 18.1 Å². The summed E-state index contributed by atoms with van der Waals surface area (Å²) in [5, 5.41) is 14.7. The molecule has 0 bridgehead atoms. The molecule has 0 saturated carbocycles. The molecule has 2 rings (SSSR count). The number of rotatable bonds is 6. The van der Waals surface area contributed by atoms with Crippen LogP contribution < -0.4 is 0 Å². The van der Waals surface area contributed by atoms with E-state index in [9.17, 15) is 14.1 Å². The van der Waals surface area contributed by atoms with Gasteiger partial charge in [-0.25, -0.2) is 0 Å². The Morgan fingerprint density at radius 3 is 2.44 bits per heavy atom. The van der Waals surface area contributed by atoms with Crippen LogP contribution in [-0.4, -0.2) is 33.7 Å². The summed E-state index contributed by atoms with van der Waals surface area (Å²) in [6.45, 7) is 10.0. The van der Waals surface area contributed by atoms with Gasteiger partial charge in [0.2, 0.25) is 0 Å². The fourth-order valence-corrected chi connectivity index (χ4v) is 5.16. The van der Waals surface area contributed by atoms with E-state index in [2.05, 4.69) is 5.16 Å². The third kappa shape index (κ3) is 4.32. The van der Waals surface area contributed by atoms with Gasteiger partial charge in [0.25, 0.3) is 0 Å². The van der Waals surface area contributed by atoms with Crippen LogP contribution in [0, 0.1) is 20.8 Å². The Bertz CT molecular complexity index is 839. The summed E-state index contributed by atoms with van der Waals surface area (Å²) in [6, 6.07) is 2.02. The smallest absolute Gasteiger partial charge is 0.168 e. The van der Waals surface area contributed by atoms with Gasteiger partial charge in [0.1, 0.15) is 12.4 Å². The van der Waals surface area contributed by atoms with Gasteiger partial charge in [-0.15, -0.1) is 0 Å². The zero-order chi connectivity index (χ0) is 20.3. The lowest BCUT2D eigenvalue weighted by Gasteiger charge is -2.28. The Kier molecular flexibility index (Phi) is 6.98. The summed E-state index contributed by atoms with van der Waals surface area (Å²) in [6.07, 6.45) is 2.85. The van der Waals surface area contributed by atoms with Gasteiger partial charge in [0.05, 0.1) is 22.1 Å². The number of aliphatic hydroxyl groups is 1. The van der Waals surface area contributed by atoms with Crippen LogP contribution in [0.25, 0.3) is 0 Å². The Hall–Kier alpha value is -1.95. The van der Waals surface area contributed by atoms with E-state index < -0.39 is 10.8 Å². The Morgan fingerprint density at radius 1 is 1.26 bits per heavy atom. The topological polar surface area (TPSA) is 76.0 Å². The fourth-order valence-electron chi connectivity index (χ4n) is 4.11. The van der Waals surface area contributed by atoms with Crippen LogP contribution in [0.3, 0.4) is 0 Å². The highest BCUT2D eigenvalue weighted by molar-refractivity contribution is 7.84. The summed E-state index contributed by atoms with van der Waals surface area (Å²) in [5.41, 5.74) is 4.82. The molecule has 1 aromatic carbocycles. The molecule has 0 spiro atoms. The minimum absolute atomic E-state index is 0.0649. The zero-order valence-corrected chi connectivity index (χ0v) is 17.8. The number of aliphatic hydroxyl groups excluding tert-OH is 1. The molecule has 0 fully saturated rings. The lowest BCUT2D eigenvalue weighted by Crippen LogP contribution is -2.25. The zero-order valence-electron chi connectivity index (χ0n) is 17.0. The molecule has 1 aliphatic carbocycles. The van der Waals surface area contributed by atoms with Gasteiger partial charge in [-0.2, -0.15) is 0 Å². The highest BCUT2D eigenvalue weighted by atomic mass is 32.2. The van der Waals surface area contributed by atoms with Crippen molar-refractivity contribution in [3.8, 4) is 0 Å². The molecular weight excluding hydrogens is 362 g/mol. The molecule has 0 aromatic heterocycles. The highest BCUT2D eigenvalue weighted by Gasteiger charge is 2.33. The highest BCUT2D eigenvalue weighted by Crippen LogP contribution is 2.39. The molecule has 0 radical (unpaired) electrons. The first-order valence-electron chi connectivity index (χ1n) is 9.31. The normalized spacial score (nSPS) is 19.4. The molecule has 1 aromatic rings. The average molecular weight is 392 g/mol. The first-order valence-corrected chi connectivity index (χ1v) is 10.9. The van der Waals surface area contributed by atoms with Crippen LogP contribution in [-0.2, 0) is 20.4 Å². The second-order valence-electron chi connectivity index (χ2n) is 6.99. The van der Waals surface area contributed by atoms with E-state index in [1.807, 2.05) is 40.7 Å². The van der Waals surface area contributed by atoms with E-state index in [4.69, 9.17) is 4.84 Å². The standard InChI is InChI=1S/C21H29NO4S/c1-7-16(22-26-8-2)20-17(23)10-15(11-18(20)24)19-12(3)9-13(4)21(14(19)5)27(6)25/h9,15,23H,7-8,10-11H2,1-6H3/b22-16-. The predicted molar refractivity (Wildman–Crippen MR) is 109 cm³/mol. The van der Waals surface area contributed by atoms with Gasteiger partial charge in [0, 0.05) is 24.0 Å². The number of Topliss-reactive ketones (excluding diaryl/α,β-unsaturated/α-hetero) is 1. The van der Waals surface area contributed by atoms with Gasteiger partial charge in [-0.05, 0) is 62.3 Å². The van der Waals surface area contributed by atoms with Crippen LogP contribution in [0.4, 0.5) is 0 Å². The summed E-state index contributed by atoms with van der Waals surface area (Å²) in [5.74, 6) is -0.188. The van der Waals surface area contributed by atoms with E-state index in [1.165, 1.54) is 0 Å². The molecule has 2 unspecified atom stereocenters.